The van der Waals surface area contributed by atoms with Gasteiger partial charge >= 0.3 is 0 Å². The molecule has 0 spiro atoms. The first kappa shape index (κ1) is 18.0. The van der Waals surface area contributed by atoms with Gasteiger partial charge in [0.05, 0.1) is 6.61 Å². The van der Waals surface area contributed by atoms with Gasteiger partial charge in [-0.1, -0.05) is 58.6 Å². The van der Waals surface area contributed by atoms with Crippen molar-refractivity contribution in [3.05, 3.63) is 29.8 Å². The first-order valence-corrected chi connectivity index (χ1v) is 8.64. The van der Waals surface area contributed by atoms with E-state index >= 15 is 0 Å². The van der Waals surface area contributed by atoms with Crippen molar-refractivity contribution < 1.29 is 4.74 Å². The molecule has 0 aromatic heterocycles. The lowest BCUT2D eigenvalue weighted by atomic mass is 10.0. The van der Waals surface area contributed by atoms with Crippen LogP contribution in [-0.4, -0.2) is 13.2 Å². The van der Waals surface area contributed by atoms with Crippen LogP contribution in [0.5, 0.6) is 5.75 Å². The molecule has 1 rings (SSSR count). The van der Waals surface area contributed by atoms with E-state index in [1.807, 2.05) is 0 Å². The Bertz CT molecular complexity index is 345. The van der Waals surface area contributed by atoms with E-state index in [0.29, 0.717) is 0 Å². The zero-order chi connectivity index (χ0) is 15.3. The number of ether oxygens (including phenoxy) is 1. The second kappa shape index (κ2) is 11.6. The van der Waals surface area contributed by atoms with Gasteiger partial charge in [-0.3, -0.25) is 0 Å². The van der Waals surface area contributed by atoms with Crippen molar-refractivity contribution >= 4 is 0 Å². The van der Waals surface area contributed by atoms with Crippen molar-refractivity contribution in [3.8, 4) is 5.75 Å². The number of benzene rings is 1. The van der Waals surface area contributed by atoms with Gasteiger partial charge in [-0.25, -0.2) is 0 Å². The minimum atomic E-state index is 0.800. The van der Waals surface area contributed by atoms with Crippen molar-refractivity contribution in [2.24, 2.45) is 5.92 Å². The molecule has 0 aliphatic carbocycles. The lowest BCUT2D eigenvalue weighted by Gasteiger charge is -2.08. The maximum atomic E-state index is 5.59. The highest BCUT2D eigenvalue weighted by atomic mass is 16.5. The van der Waals surface area contributed by atoms with Crippen LogP contribution in [0.15, 0.2) is 24.3 Å². The SMILES string of the molecule is CCCOc1ccc(CNCCCCCCC(C)C)cc1. The average molecular weight is 291 g/mol. The molecule has 0 unspecified atom stereocenters. The van der Waals surface area contributed by atoms with E-state index < -0.39 is 0 Å². The van der Waals surface area contributed by atoms with Gasteiger partial charge in [0, 0.05) is 6.54 Å². The Morgan fingerprint density at radius 1 is 1.00 bits per heavy atom. The normalized spacial score (nSPS) is 11.0. The van der Waals surface area contributed by atoms with E-state index in [2.05, 4.69) is 50.4 Å². The molecule has 120 valence electrons. The Morgan fingerprint density at radius 2 is 1.71 bits per heavy atom. The van der Waals surface area contributed by atoms with Crippen molar-refractivity contribution in [1.29, 1.82) is 0 Å². The Balaban J connectivity index is 2.02. The summed E-state index contributed by atoms with van der Waals surface area (Å²) in [7, 11) is 0. The van der Waals surface area contributed by atoms with Crippen LogP contribution in [-0.2, 0) is 6.54 Å². The monoisotopic (exact) mass is 291 g/mol. The molecule has 1 aromatic rings. The molecular weight excluding hydrogens is 258 g/mol. The third-order valence-corrected chi connectivity index (χ3v) is 3.61. The quantitative estimate of drug-likeness (QED) is 0.536. The molecule has 0 saturated carbocycles. The lowest BCUT2D eigenvalue weighted by Crippen LogP contribution is -2.14. The Kier molecular flexibility index (Phi) is 9.98. The van der Waals surface area contributed by atoms with Crippen LogP contribution < -0.4 is 10.1 Å². The highest BCUT2D eigenvalue weighted by Crippen LogP contribution is 2.12. The molecule has 0 aliphatic rings. The predicted octanol–water partition coefficient (Wildman–Crippen LogP) is 5.17. The van der Waals surface area contributed by atoms with Crippen molar-refractivity contribution in [3.63, 3.8) is 0 Å². The number of hydrogen-bond acceptors (Lipinski definition) is 2. The fourth-order valence-electron chi connectivity index (χ4n) is 2.31. The number of hydrogen-bond donors (Lipinski definition) is 1. The lowest BCUT2D eigenvalue weighted by molar-refractivity contribution is 0.317. The van der Waals surface area contributed by atoms with Crippen LogP contribution in [0.2, 0.25) is 0 Å². The molecule has 21 heavy (non-hydrogen) atoms. The van der Waals surface area contributed by atoms with E-state index in [0.717, 1.165) is 37.8 Å². The third-order valence-electron chi connectivity index (χ3n) is 3.61. The fraction of sp³-hybridized carbons (Fsp3) is 0.684. The van der Waals surface area contributed by atoms with E-state index in [1.165, 1.54) is 37.7 Å². The van der Waals surface area contributed by atoms with Gasteiger partial charge in [0.1, 0.15) is 5.75 Å². The number of nitrogens with one attached hydrogen (secondary N) is 1. The second-order valence-corrected chi connectivity index (χ2v) is 6.27. The zero-order valence-corrected chi connectivity index (χ0v) is 14.2. The fourth-order valence-corrected chi connectivity index (χ4v) is 2.31. The maximum absolute atomic E-state index is 5.59. The summed E-state index contributed by atoms with van der Waals surface area (Å²) < 4.78 is 5.59. The third kappa shape index (κ3) is 9.52. The Labute approximate surface area is 131 Å². The van der Waals surface area contributed by atoms with Crippen LogP contribution in [0.25, 0.3) is 0 Å². The smallest absolute Gasteiger partial charge is 0.119 e. The summed E-state index contributed by atoms with van der Waals surface area (Å²) in [5.74, 6) is 1.83. The van der Waals surface area contributed by atoms with Gasteiger partial charge in [-0.2, -0.15) is 0 Å². The highest BCUT2D eigenvalue weighted by Gasteiger charge is 1.97. The minimum absolute atomic E-state index is 0.800. The summed E-state index contributed by atoms with van der Waals surface area (Å²) in [5, 5.41) is 3.52. The zero-order valence-electron chi connectivity index (χ0n) is 14.2. The molecule has 1 N–H and O–H groups in total. The second-order valence-electron chi connectivity index (χ2n) is 6.27. The number of unbranched alkanes of at least 4 members (excludes halogenated alkanes) is 3. The molecule has 0 amide bonds. The molecule has 0 fully saturated rings. The van der Waals surface area contributed by atoms with E-state index in [9.17, 15) is 0 Å². The Morgan fingerprint density at radius 3 is 2.38 bits per heavy atom. The van der Waals surface area contributed by atoms with Crippen molar-refractivity contribution in [1.82, 2.24) is 5.32 Å². The largest absolute Gasteiger partial charge is 0.494 e. The van der Waals surface area contributed by atoms with Gasteiger partial charge in [-0.15, -0.1) is 0 Å². The average Bonchev–Trinajstić information content (AvgIpc) is 2.48. The van der Waals surface area contributed by atoms with Gasteiger partial charge in [0.15, 0.2) is 0 Å². The highest BCUT2D eigenvalue weighted by molar-refractivity contribution is 5.27. The van der Waals surface area contributed by atoms with E-state index in [4.69, 9.17) is 4.74 Å². The van der Waals surface area contributed by atoms with Crippen molar-refractivity contribution in [2.45, 2.75) is 65.8 Å². The van der Waals surface area contributed by atoms with E-state index in [1.54, 1.807) is 0 Å². The van der Waals surface area contributed by atoms with Crippen LogP contribution in [0, 0.1) is 5.92 Å². The van der Waals surface area contributed by atoms with Crippen LogP contribution in [0.3, 0.4) is 0 Å². The molecule has 2 heteroatoms. The van der Waals surface area contributed by atoms with E-state index in [-0.39, 0.29) is 0 Å². The van der Waals surface area contributed by atoms with Gasteiger partial charge in [-0.05, 0) is 43.0 Å². The first-order valence-electron chi connectivity index (χ1n) is 8.64. The van der Waals surface area contributed by atoms with Gasteiger partial charge in [0.2, 0.25) is 0 Å². The predicted molar refractivity (Wildman–Crippen MR) is 91.9 cm³/mol. The molecule has 1 aromatic carbocycles. The standard InChI is InChI=1S/C19H33NO/c1-4-15-21-19-12-10-18(11-13-19)16-20-14-8-6-5-7-9-17(2)3/h10-13,17,20H,4-9,14-16H2,1-3H3. The summed E-state index contributed by atoms with van der Waals surface area (Å²) in [6.07, 6.45) is 7.83. The minimum Gasteiger partial charge on any atom is -0.494 e. The summed E-state index contributed by atoms with van der Waals surface area (Å²) in [6, 6.07) is 8.44. The summed E-state index contributed by atoms with van der Waals surface area (Å²) in [6.45, 7) is 9.62. The molecule has 0 radical (unpaired) electrons. The summed E-state index contributed by atoms with van der Waals surface area (Å²) in [5.41, 5.74) is 1.33. The van der Waals surface area contributed by atoms with Crippen LogP contribution in [0.4, 0.5) is 0 Å². The molecule has 0 atom stereocenters. The summed E-state index contributed by atoms with van der Waals surface area (Å²) >= 11 is 0. The molecule has 0 heterocycles. The molecule has 2 nitrogen and oxygen atoms in total. The molecule has 0 aliphatic heterocycles. The Hall–Kier alpha value is -1.02. The topological polar surface area (TPSA) is 21.3 Å². The molecular formula is C19H33NO. The molecule has 0 saturated heterocycles. The van der Waals surface area contributed by atoms with Crippen LogP contribution in [0.1, 0.15) is 64.9 Å². The summed E-state index contributed by atoms with van der Waals surface area (Å²) in [4.78, 5) is 0. The van der Waals surface area contributed by atoms with Gasteiger partial charge in [0.25, 0.3) is 0 Å². The van der Waals surface area contributed by atoms with Crippen LogP contribution >= 0.6 is 0 Å². The maximum Gasteiger partial charge on any atom is 0.119 e. The number of rotatable bonds is 12. The molecule has 0 bridgehead atoms. The van der Waals surface area contributed by atoms with Gasteiger partial charge < -0.3 is 10.1 Å². The van der Waals surface area contributed by atoms with Crippen molar-refractivity contribution in [2.75, 3.05) is 13.2 Å². The first-order chi connectivity index (χ1) is 10.2.